The molecule has 2 N–H and O–H groups in total. The van der Waals surface area contributed by atoms with E-state index in [1.807, 2.05) is 14.1 Å². The van der Waals surface area contributed by atoms with Crippen molar-refractivity contribution in [2.24, 2.45) is 11.3 Å². The molecule has 2 fully saturated rings. The summed E-state index contributed by atoms with van der Waals surface area (Å²) >= 11 is 0. The Morgan fingerprint density at radius 3 is 2.52 bits per heavy atom. The van der Waals surface area contributed by atoms with Gasteiger partial charge in [-0.25, -0.2) is 4.79 Å². The zero-order valence-corrected chi connectivity index (χ0v) is 14.7. The molecule has 130 valence electrons. The van der Waals surface area contributed by atoms with Crippen LogP contribution in [-0.4, -0.2) is 66.9 Å². The van der Waals surface area contributed by atoms with Crippen LogP contribution < -0.4 is 10.6 Å². The summed E-state index contributed by atoms with van der Waals surface area (Å²) in [6.07, 6.45) is 1.89. The second-order valence-electron chi connectivity index (χ2n) is 7.98. The van der Waals surface area contributed by atoms with Gasteiger partial charge in [-0.2, -0.15) is 0 Å². The zero-order chi connectivity index (χ0) is 17.4. The minimum atomic E-state index is -0.832. The number of nitrogens with one attached hydrogen (secondary N) is 2. The van der Waals surface area contributed by atoms with E-state index in [4.69, 9.17) is 0 Å². The van der Waals surface area contributed by atoms with E-state index in [0.29, 0.717) is 6.54 Å². The van der Waals surface area contributed by atoms with Crippen molar-refractivity contribution in [3.05, 3.63) is 0 Å². The van der Waals surface area contributed by atoms with Crippen molar-refractivity contribution in [1.29, 1.82) is 0 Å². The second kappa shape index (κ2) is 6.11. The van der Waals surface area contributed by atoms with Crippen molar-refractivity contribution in [3.8, 4) is 0 Å². The van der Waals surface area contributed by atoms with Crippen LogP contribution in [0.1, 0.15) is 33.6 Å². The molecular weight excluding hydrogens is 296 g/mol. The lowest BCUT2D eigenvalue weighted by Gasteiger charge is -2.28. The second-order valence-corrected chi connectivity index (χ2v) is 7.98. The molecule has 7 nitrogen and oxygen atoms in total. The normalized spacial score (nSPS) is 25.0. The average Bonchev–Trinajstić information content (AvgIpc) is 3.22. The number of nitrogens with zero attached hydrogens (tertiary/aromatic N) is 2. The maximum absolute atomic E-state index is 12.5. The number of imide groups is 1. The average molecular weight is 324 g/mol. The number of carbonyl (C=O) groups is 3. The highest BCUT2D eigenvalue weighted by atomic mass is 16.2. The van der Waals surface area contributed by atoms with E-state index in [1.165, 1.54) is 0 Å². The van der Waals surface area contributed by atoms with Gasteiger partial charge in [0.1, 0.15) is 12.1 Å². The summed E-state index contributed by atoms with van der Waals surface area (Å²) in [5.41, 5.74) is -0.916. The van der Waals surface area contributed by atoms with Gasteiger partial charge in [0.2, 0.25) is 5.91 Å². The molecule has 23 heavy (non-hydrogen) atoms. The Kier molecular flexibility index (Phi) is 4.71. The van der Waals surface area contributed by atoms with Gasteiger partial charge in [-0.1, -0.05) is 13.8 Å². The predicted molar refractivity (Wildman–Crippen MR) is 86.7 cm³/mol. The largest absolute Gasteiger partial charge is 0.354 e. The summed E-state index contributed by atoms with van der Waals surface area (Å²) in [7, 11) is 3.96. The fourth-order valence-corrected chi connectivity index (χ4v) is 3.25. The van der Waals surface area contributed by atoms with Crippen molar-refractivity contribution >= 4 is 17.8 Å². The number of hydrogen-bond acceptors (Lipinski definition) is 4. The molecule has 0 aromatic rings. The van der Waals surface area contributed by atoms with Gasteiger partial charge >= 0.3 is 6.03 Å². The Bertz CT molecular complexity index is 513. The standard InChI is InChI=1S/C16H28N4O3/c1-15(2,10-19(4)5)9-17-12(21)8-20-13(22)16(3,11-6-7-11)18-14(20)23/h11H,6-10H2,1-5H3,(H,17,21)(H,18,23). The summed E-state index contributed by atoms with van der Waals surface area (Å²) in [5, 5.41) is 5.58. The Balaban J connectivity index is 1.88. The SMILES string of the molecule is CN(C)CC(C)(C)CNC(=O)CN1C(=O)NC(C)(C2CC2)C1=O. The lowest BCUT2D eigenvalue weighted by molar-refractivity contribution is -0.135. The van der Waals surface area contributed by atoms with Crippen LogP contribution in [0.4, 0.5) is 4.79 Å². The van der Waals surface area contributed by atoms with Crippen LogP contribution >= 0.6 is 0 Å². The number of carbonyl (C=O) groups excluding carboxylic acids is 3. The van der Waals surface area contributed by atoms with Crippen LogP contribution in [0.5, 0.6) is 0 Å². The van der Waals surface area contributed by atoms with Gasteiger partial charge in [0.25, 0.3) is 5.91 Å². The predicted octanol–water partition coefficient (Wildman–Crippen LogP) is 0.411. The van der Waals surface area contributed by atoms with Crippen LogP contribution in [0, 0.1) is 11.3 Å². The van der Waals surface area contributed by atoms with E-state index < -0.39 is 11.6 Å². The highest BCUT2D eigenvalue weighted by Crippen LogP contribution is 2.42. The number of rotatable bonds is 7. The Labute approximate surface area is 137 Å². The van der Waals surface area contributed by atoms with Crippen molar-refractivity contribution in [1.82, 2.24) is 20.4 Å². The first-order valence-electron chi connectivity index (χ1n) is 8.11. The lowest BCUT2D eigenvalue weighted by atomic mass is 9.93. The van der Waals surface area contributed by atoms with E-state index in [-0.39, 0.29) is 29.7 Å². The molecule has 0 aromatic heterocycles. The van der Waals surface area contributed by atoms with Crippen LogP contribution in [0.2, 0.25) is 0 Å². The molecule has 0 radical (unpaired) electrons. The van der Waals surface area contributed by atoms with Gasteiger partial charge in [-0.05, 0) is 45.2 Å². The Morgan fingerprint density at radius 1 is 1.39 bits per heavy atom. The van der Waals surface area contributed by atoms with E-state index >= 15 is 0 Å². The highest BCUT2D eigenvalue weighted by molar-refractivity contribution is 6.09. The van der Waals surface area contributed by atoms with Gasteiger partial charge in [-0.3, -0.25) is 14.5 Å². The minimum absolute atomic E-state index is 0.0844. The molecule has 0 spiro atoms. The fourth-order valence-electron chi connectivity index (χ4n) is 3.25. The van der Waals surface area contributed by atoms with Gasteiger partial charge < -0.3 is 15.5 Å². The molecule has 1 unspecified atom stereocenters. The van der Waals surface area contributed by atoms with Crippen LogP contribution in [0.15, 0.2) is 0 Å². The number of hydrogen-bond donors (Lipinski definition) is 2. The molecule has 0 aromatic carbocycles. The number of urea groups is 1. The third-order valence-corrected chi connectivity index (χ3v) is 4.51. The quantitative estimate of drug-likeness (QED) is 0.665. The molecule has 2 aliphatic rings. The first kappa shape index (κ1) is 17.7. The van der Waals surface area contributed by atoms with Crippen molar-refractivity contribution in [3.63, 3.8) is 0 Å². The maximum Gasteiger partial charge on any atom is 0.325 e. The van der Waals surface area contributed by atoms with Gasteiger partial charge in [-0.15, -0.1) is 0 Å². The topological polar surface area (TPSA) is 81.8 Å². The Morgan fingerprint density at radius 2 is 2.00 bits per heavy atom. The zero-order valence-electron chi connectivity index (χ0n) is 14.7. The Hall–Kier alpha value is -1.63. The summed E-state index contributed by atoms with van der Waals surface area (Å²) in [4.78, 5) is 39.7. The number of amides is 4. The molecule has 2 rings (SSSR count). The van der Waals surface area contributed by atoms with Gasteiger partial charge in [0.05, 0.1) is 0 Å². The van der Waals surface area contributed by atoms with E-state index in [0.717, 1.165) is 24.3 Å². The van der Waals surface area contributed by atoms with Crippen LogP contribution in [0.3, 0.4) is 0 Å². The molecule has 1 aliphatic carbocycles. The van der Waals surface area contributed by atoms with Gasteiger partial charge in [0.15, 0.2) is 0 Å². The first-order chi connectivity index (χ1) is 10.5. The molecule has 0 bridgehead atoms. The van der Waals surface area contributed by atoms with E-state index in [1.54, 1.807) is 6.92 Å². The molecular formula is C16H28N4O3. The first-order valence-corrected chi connectivity index (χ1v) is 8.11. The van der Waals surface area contributed by atoms with E-state index in [9.17, 15) is 14.4 Å². The van der Waals surface area contributed by atoms with Crippen molar-refractivity contribution in [2.45, 2.75) is 39.2 Å². The third kappa shape index (κ3) is 4.02. The fraction of sp³-hybridized carbons (Fsp3) is 0.812. The van der Waals surface area contributed by atoms with Crippen molar-refractivity contribution < 1.29 is 14.4 Å². The minimum Gasteiger partial charge on any atom is -0.354 e. The summed E-state index contributed by atoms with van der Waals surface area (Å²) < 4.78 is 0. The summed E-state index contributed by atoms with van der Waals surface area (Å²) in [6, 6.07) is -0.466. The molecule has 1 heterocycles. The smallest absolute Gasteiger partial charge is 0.325 e. The van der Waals surface area contributed by atoms with Crippen LogP contribution in [0.25, 0.3) is 0 Å². The van der Waals surface area contributed by atoms with Gasteiger partial charge in [0, 0.05) is 13.1 Å². The molecule has 1 saturated heterocycles. The molecule has 1 aliphatic heterocycles. The summed E-state index contributed by atoms with van der Waals surface area (Å²) in [6.45, 7) is 6.98. The molecule has 1 atom stereocenters. The highest BCUT2D eigenvalue weighted by Gasteiger charge is 2.56. The van der Waals surface area contributed by atoms with E-state index in [2.05, 4.69) is 29.4 Å². The molecule has 4 amide bonds. The van der Waals surface area contributed by atoms with Crippen molar-refractivity contribution in [2.75, 3.05) is 33.7 Å². The maximum atomic E-state index is 12.5. The lowest BCUT2D eigenvalue weighted by Crippen LogP contribution is -2.47. The monoisotopic (exact) mass is 324 g/mol. The van der Waals surface area contributed by atoms with Crippen LogP contribution in [-0.2, 0) is 9.59 Å². The third-order valence-electron chi connectivity index (χ3n) is 4.51. The summed E-state index contributed by atoms with van der Waals surface area (Å²) in [5.74, 6) is -0.390. The molecule has 7 heteroatoms. The molecule has 1 saturated carbocycles.